The molecule has 7 nitrogen and oxygen atoms in total. The molecule has 1 fully saturated rings. The molecule has 2 aromatic heterocycles. The smallest absolute Gasteiger partial charge is 0.274 e. The van der Waals surface area contributed by atoms with Crippen molar-refractivity contribution in [2.45, 2.75) is 25.8 Å². The van der Waals surface area contributed by atoms with Gasteiger partial charge in [0.05, 0.1) is 6.04 Å². The van der Waals surface area contributed by atoms with Crippen LogP contribution in [0.1, 0.15) is 41.9 Å². The van der Waals surface area contributed by atoms with Gasteiger partial charge < -0.3 is 16.0 Å². The van der Waals surface area contributed by atoms with Crippen LogP contribution in [-0.4, -0.2) is 38.8 Å². The van der Waals surface area contributed by atoms with Gasteiger partial charge in [-0.1, -0.05) is 41.7 Å². The maximum absolute atomic E-state index is 12.9. The van der Waals surface area contributed by atoms with E-state index in [1.807, 2.05) is 42.2 Å². The number of rotatable bonds is 4. The molecule has 0 radical (unpaired) electrons. The number of nitrogen functional groups attached to an aromatic ring is 1. The molecule has 0 aliphatic carbocycles. The first-order valence-corrected chi connectivity index (χ1v) is 9.48. The van der Waals surface area contributed by atoms with E-state index in [9.17, 15) is 4.79 Å². The van der Waals surface area contributed by atoms with Crippen LogP contribution in [0, 0.1) is 0 Å². The van der Waals surface area contributed by atoms with Crippen molar-refractivity contribution < 1.29 is 4.79 Å². The van der Waals surface area contributed by atoms with Crippen LogP contribution in [0.2, 0.25) is 0 Å². The van der Waals surface area contributed by atoms with Gasteiger partial charge in [-0.05, 0) is 25.3 Å². The molecular weight excluding hydrogens is 348 g/mol. The van der Waals surface area contributed by atoms with Gasteiger partial charge >= 0.3 is 0 Å². The number of nitrogens with one attached hydrogen (secondary N) is 1. The van der Waals surface area contributed by atoms with E-state index in [0.29, 0.717) is 27.1 Å². The minimum Gasteiger partial charge on any atom is -0.375 e. The molecule has 1 amide bonds. The van der Waals surface area contributed by atoms with E-state index in [1.165, 1.54) is 11.3 Å². The average molecular weight is 368 g/mol. The predicted octanol–water partition coefficient (Wildman–Crippen LogP) is 3.08. The fourth-order valence-electron chi connectivity index (χ4n) is 3.14. The van der Waals surface area contributed by atoms with Crippen molar-refractivity contribution in [1.82, 2.24) is 19.9 Å². The van der Waals surface area contributed by atoms with Crippen LogP contribution in [0.3, 0.4) is 0 Å². The number of hydrogen-bond acceptors (Lipinski definition) is 7. The van der Waals surface area contributed by atoms with Crippen molar-refractivity contribution in [2.75, 3.05) is 24.1 Å². The number of aromatic nitrogens is 3. The molecule has 0 bridgehead atoms. The molecule has 8 heteroatoms. The van der Waals surface area contributed by atoms with Crippen LogP contribution >= 0.6 is 11.3 Å². The molecule has 0 spiro atoms. The number of likely N-dealkylation sites (tertiary alicyclic amines) is 1. The van der Waals surface area contributed by atoms with Crippen LogP contribution in [-0.2, 0) is 0 Å². The molecule has 0 unspecified atom stereocenters. The van der Waals surface area contributed by atoms with Crippen LogP contribution in [0.25, 0.3) is 10.3 Å². The number of thiazole rings is 1. The number of nitrogens with zero attached hydrogens (tertiary/aromatic N) is 4. The lowest BCUT2D eigenvalue weighted by molar-refractivity contribution is 0.0789. The van der Waals surface area contributed by atoms with E-state index in [2.05, 4.69) is 20.3 Å². The van der Waals surface area contributed by atoms with Gasteiger partial charge in [-0.25, -0.2) is 9.97 Å². The normalized spacial score (nSPS) is 15.3. The first kappa shape index (κ1) is 16.7. The summed E-state index contributed by atoms with van der Waals surface area (Å²) in [5.74, 6) is 0.315. The van der Waals surface area contributed by atoms with Gasteiger partial charge in [-0.3, -0.25) is 4.79 Å². The van der Waals surface area contributed by atoms with Gasteiger partial charge in [-0.2, -0.15) is 4.98 Å². The summed E-state index contributed by atoms with van der Waals surface area (Å²) in [6, 6.07) is 10.0. The third-order valence-electron chi connectivity index (χ3n) is 4.51. The van der Waals surface area contributed by atoms with Gasteiger partial charge in [-0.15, -0.1) is 0 Å². The monoisotopic (exact) mass is 368 g/mol. The summed E-state index contributed by atoms with van der Waals surface area (Å²) in [4.78, 5) is 28.0. The van der Waals surface area contributed by atoms with Crippen LogP contribution in [0.4, 0.5) is 11.1 Å². The molecule has 3 aromatic rings. The summed E-state index contributed by atoms with van der Waals surface area (Å²) in [6.07, 6.45) is 2.06. The van der Waals surface area contributed by atoms with Gasteiger partial charge in [0.15, 0.2) is 16.5 Å². The third kappa shape index (κ3) is 3.20. The number of anilines is 2. The third-order valence-corrected chi connectivity index (χ3v) is 5.39. The summed E-state index contributed by atoms with van der Waals surface area (Å²) in [7, 11) is 0. The second kappa shape index (κ2) is 6.87. The molecule has 4 rings (SSSR count). The van der Waals surface area contributed by atoms with E-state index in [-0.39, 0.29) is 11.9 Å². The summed E-state index contributed by atoms with van der Waals surface area (Å²) < 4.78 is 0.650. The van der Waals surface area contributed by atoms with Gasteiger partial charge in [0, 0.05) is 13.1 Å². The molecule has 1 saturated heterocycles. The van der Waals surface area contributed by atoms with E-state index < -0.39 is 0 Å². The van der Waals surface area contributed by atoms with Crippen molar-refractivity contribution in [1.29, 1.82) is 0 Å². The van der Waals surface area contributed by atoms with E-state index in [4.69, 9.17) is 5.73 Å². The Labute approximate surface area is 155 Å². The van der Waals surface area contributed by atoms with Crippen LogP contribution in [0.15, 0.2) is 30.3 Å². The molecule has 134 valence electrons. The van der Waals surface area contributed by atoms with Crippen molar-refractivity contribution in [2.24, 2.45) is 0 Å². The number of amides is 1. The number of benzene rings is 1. The molecule has 3 N–H and O–H groups in total. The lowest BCUT2D eigenvalue weighted by Crippen LogP contribution is -2.29. The number of fused-ring (bicyclic) bond motifs is 1. The minimum absolute atomic E-state index is 0.000582. The maximum Gasteiger partial charge on any atom is 0.274 e. The maximum atomic E-state index is 12.9. The highest BCUT2D eigenvalue weighted by Gasteiger charge is 2.25. The Balaban J connectivity index is 1.70. The molecule has 1 aliphatic heterocycles. The van der Waals surface area contributed by atoms with Crippen LogP contribution < -0.4 is 11.1 Å². The van der Waals surface area contributed by atoms with Crippen molar-refractivity contribution in [3.05, 3.63) is 41.6 Å². The number of hydrogen-bond donors (Lipinski definition) is 2. The Hall–Kier alpha value is -2.74. The fraction of sp³-hybridized carbons (Fsp3) is 0.333. The summed E-state index contributed by atoms with van der Waals surface area (Å²) in [6.45, 7) is 3.56. The Bertz CT molecular complexity index is 936. The fourth-order valence-corrected chi connectivity index (χ4v) is 3.89. The molecule has 0 saturated carbocycles. The highest BCUT2D eigenvalue weighted by atomic mass is 32.1. The van der Waals surface area contributed by atoms with Crippen molar-refractivity contribution in [3.8, 4) is 0 Å². The first-order valence-electron chi connectivity index (χ1n) is 8.66. The van der Waals surface area contributed by atoms with Gasteiger partial charge in [0.1, 0.15) is 4.70 Å². The number of nitrogens with two attached hydrogens (primary N) is 1. The largest absolute Gasteiger partial charge is 0.375 e. The molecule has 26 heavy (non-hydrogen) atoms. The molecule has 1 aromatic carbocycles. The van der Waals surface area contributed by atoms with Gasteiger partial charge in [0.2, 0.25) is 5.95 Å². The summed E-state index contributed by atoms with van der Waals surface area (Å²) >= 11 is 1.26. The number of carbonyl (C=O) groups is 1. The zero-order chi connectivity index (χ0) is 18.1. The highest BCUT2D eigenvalue weighted by molar-refractivity contribution is 7.22. The second-order valence-electron chi connectivity index (χ2n) is 6.38. The molecule has 3 heterocycles. The Morgan fingerprint density at radius 3 is 2.65 bits per heavy atom. The predicted molar refractivity (Wildman–Crippen MR) is 103 cm³/mol. The minimum atomic E-state index is -0.0750. The highest BCUT2D eigenvalue weighted by Crippen LogP contribution is 2.28. The SMILES string of the molecule is C[C@H](Nc1nc(C(=O)N2CCCC2)c2sc(N)nc2n1)c1ccccc1. The molecule has 1 atom stereocenters. The standard InChI is InChI=1S/C18H20N6OS/c1-11(12-7-3-2-4-8-12)20-18-21-13(16(25)24-9-5-6-10-24)14-15(23-18)22-17(19)26-14/h2-4,7-8,11H,5-6,9-10H2,1H3,(H3,19,20,21,22,23)/t11-/m0/s1. The Morgan fingerprint density at radius 2 is 1.92 bits per heavy atom. The average Bonchev–Trinajstić information content (AvgIpc) is 3.30. The second-order valence-corrected chi connectivity index (χ2v) is 7.41. The summed E-state index contributed by atoms with van der Waals surface area (Å²) in [5, 5.41) is 3.66. The molecular formula is C18H20N6OS. The quantitative estimate of drug-likeness (QED) is 0.734. The summed E-state index contributed by atoms with van der Waals surface area (Å²) in [5.41, 5.74) is 7.81. The molecule has 1 aliphatic rings. The van der Waals surface area contributed by atoms with E-state index in [1.54, 1.807) is 0 Å². The lowest BCUT2D eigenvalue weighted by atomic mass is 10.1. The Morgan fingerprint density at radius 1 is 1.19 bits per heavy atom. The number of carbonyl (C=O) groups excluding carboxylic acids is 1. The zero-order valence-electron chi connectivity index (χ0n) is 14.5. The lowest BCUT2D eigenvalue weighted by Gasteiger charge is -2.17. The first-order chi connectivity index (χ1) is 12.6. The van der Waals surface area contributed by atoms with E-state index >= 15 is 0 Å². The topological polar surface area (TPSA) is 97.0 Å². The van der Waals surface area contributed by atoms with Gasteiger partial charge in [0.25, 0.3) is 5.91 Å². The van der Waals surface area contributed by atoms with Crippen molar-refractivity contribution >= 4 is 38.7 Å². The van der Waals surface area contributed by atoms with Crippen molar-refractivity contribution in [3.63, 3.8) is 0 Å². The zero-order valence-corrected chi connectivity index (χ0v) is 15.3. The van der Waals surface area contributed by atoms with Crippen LogP contribution in [0.5, 0.6) is 0 Å². The Kier molecular flexibility index (Phi) is 4.42. The van der Waals surface area contributed by atoms with E-state index in [0.717, 1.165) is 31.5 Å².